The molecule has 0 saturated heterocycles. The zero-order valence-electron chi connectivity index (χ0n) is 10.1. The standard InChI is InChI=1S/C12H16BrClO3S/c1-2-18(16,17)7-3-4-12(15)9-5-6-11(14)10(13)8-9/h5-6,8,12,15H,2-4,7H2,1H3. The average molecular weight is 356 g/mol. The Balaban J connectivity index is 2.55. The van der Waals surface area contributed by atoms with Crippen LogP contribution in [0.3, 0.4) is 0 Å². The van der Waals surface area contributed by atoms with Gasteiger partial charge in [0.1, 0.15) is 9.84 Å². The molecule has 3 nitrogen and oxygen atoms in total. The second-order valence-corrected chi connectivity index (χ2v) is 7.80. The summed E-state index contributed by atoms with van der Waals surface area (Å²) in [6.45, 7) is 1.63. The first-order valence-corrected chi connectivity index (χ1v) is 8.68. The summed E-state index contributed by atoms with van der Waals surface area (Å²) < 4.78 is 23.3. The van der Waals surface area contributed by atoms with Gasteiger partial charge in [0.15, 0.2) is 0 Å². The number of aliphatic hydroxyl groups excluding tert-OH is 1. The van der Waals surface area contributed by atoms with Gasteiger partial charge in [0, 0.05) is 10.2 Å². The van der Waals surface area contributed by atoms with Crippen molar-refractivity contribution in [2.45, 2.75) is 25.9 Å². The highest BCUT2D eigenvalue weighted by Crippen LogP contribution is 2.27. The van der Waals surface area contributed by atoms with Crippen LogP contribution in [0.15, 0.2) is 22.7 Å². The number of hydrogen-bond donors (Lipinski definition) is 1. The Morgan fingerprint density at radius 2 is 2.11 bits per heavy atom. The zero-order chi connectivity index (χ0) is 13.8. The summed E-state index contributed by atoms with van der Waals surface area (Å²) in [5, 5.41) is 10.5. The SMILES string of the molecule is CCS(=O)(=O)CCCC(O)c1ccc(Cl)c(Br)c1. The van der Waals surface area contributed by atoms with Crippen LogP contribution in [0.25, 0.3) is 0 Å². The van der Waals surface area contributed by atoms with Gasteiger partial charge in [0.25, 0.3) is 0 Å². The molecule has 18 heavy (non-hydrogen) atoms. The molecule has 1 aromatic carbocycles. The van der Waals surface area contributed by atoms with Crippen molar-refractivity contribution in [2.75, 3.05) is 11.5 Å². The fourth-order valence-electron chi connectivity index (χ4n) is 1.53. The highest BCUT2D eigenvalue weighted by Gasteiger charge is 2.12. The summed E-state index contributed by atoms with van der Waals surface area (Å²) in [4.78, 5) is 0. The predicted octanol–water partition coefficient (Wildman–Crippen LogP) is 3.35. The molecule has 0 heterocycles. The van der Waals surface area contributed by atoms with Crippen LogP contribution < -0.4 is 0 Å². The van der Waals surface area contributed by atoms with Crippen LogP contribution in [0.4, 0.5) is 0 Å². The van der Waals surface area contributed by atoms with E-state index in [2.05, 4.69) is 15.9 Å². The van der Waals surface area contributed by atoms with Gasteiger partial charge in [-0.3, -0.25) is 0 Å². The lowest BCUT2D eigenvalue weighted by Gasteiger charge is -2.11. The molecule has 0 saturated carbocycles. The Morgan fingerprint density at radius 1 is 1.44 bits per heavy atom. The van der Waals surface area contributed by atoms with Gasteiger partial charge in [-0.05, 0) is 46.5 Å². The van der Waals surface area contributed by atoms with Crippen molar-refractivity contribution in [2.24, 2.45) is 0 Å². The van der Waals surface area contributed by atoms with Crippen LogP contribution in [-0.2, 0) is 9.84 Å². The van der Waals surface area contributed by atoms with E-state index in [1.165, 1.54) is 0 Å². The Hall–Kier alpha value is -0.100. The molecule has 1 aromatic rings. The van der Waals surface area contributed by atoms with Crippen LogP contribution >= 0.6 is 27.5 Å². The second kappa shape index (κ2) is 6.89. The molecule has 0 amide bonds. The molecule has 0 spiro atoms. The first-order chi connectivity index (χ1) is 8.35. The fourth-order valence-corrected chi connectivity index (χ4v) is 2.94. The summed E-state index contributed by atoms with van der Waals surface area (Å²) in [5.74, 6) is 0.269. The van der Waals surface area contributed by atoms with E-state index in [1.807, 2.05) is 0 Å². The minimum atomic E-state index is -2.95. The zero-order valence-corrected chi connectivity index (χ0v) is 13.2. The van der Waals surface area contributed by atoms with E-state index in [0.29, 0.717) is 17.9 Å². The lowest BCUT2D eigenvalue weighted by molar-refractivity contribution is 0.166. The van der Waals surface area contributed by atoms with Gasteiger partial charge >= 0.3 is 0 Å². The highest BCUT2D eigenvalue weighted by atomic mass is 79.9. The quantitative estimate of drug-likeness (QED) is 0.851. The predicted molar refractivity (Wildman–Crippen MR) is 77.7 cm³/mol. The second-order valence-electron chi connectivity index (χ2n) is 4.07. The molecule has 0 aliphatic heterocycles. The number of benzene rings is 1. The first kappa shape index (κ1) is 16.0. The highest BCUT2D eigenvalue weighted by molar-refractivity contribution is 9.10. The Kier molecular flexibility index (Phi) is 6.11. The van der Waals surface area contributed by atoms with Gasteiger partial charge in [-0.25, -0.2) is 8.42 Å². The van der Waals surface area contributed by atoms with Crippen molar-refractivity contribution in [3.05, 3.63) is 33.3 Å². The van der Waals surface area contributed by atoms with E-state index in [1.54, 1.807) is 25.1 Å². The lowest BCUT2D eigenvalue weighted by atomic mass is 10.1. The maximum absolute atomic E-state index is 11.3. The summed E-state index contributed by atoms with van der Waals surface area (Å²) >= 11 is 9.15. The van der Waals surface area contributed by atoms with Crippen molar-refractivity contribution in [1.82, 2.24) is 0 Å². The van der Waals surface area contributed by atoms with Gasteiger partial charge in [0.05, 0.1) is 16.9 Å². The average Bonchev–Trinajstić information content (AvgIpc) is 2.32. The molecule has 0 bridgehead atoms. The summed E-state index contributed by atoms with van der Waals surface area (Å²) in [5.41, 5.74) is 0.736. The Bertz CT molecular complexity index is 502. The van der Waals surface area contributed by atoms with Crippen molar-refractivity contribution < 1.29 is 13.5 Å². The molecular formula is C12H16BrClO3S. The summed E-state index contributed by atoms with van der Waals surface area (Å²) in [6.07, 6.45) is 0.218. The third-order valence-electron chi connectivity index (χ3n) is 2.70. The molecule has 102 valence electrons. The van der Waals surface area contributed by atoms with Gasteiger partial charge < -0.3 is 5.11 Å². The Morgan fingerprint density at radius 3 is 2.67 bits per heavy atom. The minimum absolute atomic E-state index is 0.120. The molecule has 0 fully saturated rings. The van der Waals surface area contributed by atoms with Crippen molar-refractivity contribution in [3.63, 3.8) is 0 Å². The number of hydrogen-bond acceptors (Lipinski definition) is 3. The van der Waals surface area contributed by atoms with Gasteiger partial charge in [-0.2, -0.15) is 0 Å². The fraction of sp³-hybridized carbons (Fsp3) is 0.500. The van der Waals surface area contributed by atoms with Crippen molar-refractivity contribution >= 4 is 37.4 Å². The first-order valence-electron chi connectivity index (χ1n) is 5.69. The van der Waals surface area contributed by atoms with Gasteiger partial charge in [-0.15, -0.1) is 0 Å². The molecule has 6 heteroatoms. The smallest absolute Gasteiger partial charge is 0.150 e. The topological polar surface area (TPSA) is 54.4 Å². The van der Waals surface area contributed by atoms with E-state index >= 15 is 0 Å². The van der Waals surface area contributed by atoms with Gasteiger partial charge in [-0.1, -0.05) is 24.6 Å². The maximum atomic E-state index is 11.3. The van der Waals surface area contributed by atoms with Crippen LogP contribution in [-0.4, -0.2) is 25.0 Å². The summed E-state index contributed by atoms with van der Waals surface area (Å²) in [6, 6.07) is 5.19. The number of halogens is 2. The molecular weight excluding hydrogens is 340 g/mol. The molecule has 1 atom stereocenters. The maximum Gasteiger partial charge on any atom is 0.150 e. The monoisotopic (exact) mass is 354 g/mol. The molecule has 1 unspecified atom stereocenters. The molecule has 0 aliphatic rings. The van der Waals surface area contributed by atoms with Crippen LogP contribution in [0, 0.1) is 0 Å². The number of sulfone groups is 1. The lowest BCUT2D eigenvalue weighted by Crippen LogP contribution is -2.10. The van der Waals surface area contributed by atoms with Crippen molar-refractivity contribution in [1.29, 1.82) is 0 Å². The van der Waals surface area contributed by atoms with Crippen LogP contribution in [0.2, 0.25) is 5.02 Å². The normalized spacial score (nSPS) is 13.6. The third kappa shape index (κ3) is 4.88. The van der Waals surface area contributed by atoms with E-state index in [4.69, 9.17) is 11.6 Å². The minimum Gasteiger partial charge on any atom is -0.388 e. The molecule has 0 radical (unpaired) electrons. The van der Waals surface area contributed by atoms with E-state index in [0.717, 1.165) is 10.0 Å². The van der Waals surface area contributed by atoms with Crippen LogP contribution in [0.5, 0.6) is 0 Å². The van der Waals surface area contributed by atoms with Crippen LogP contribution in [0.1, 0.15) is 31.4 Å². The molecule has 1 rings (SSSR count). The summed E-state index contributed by atoms with van der Waals surface area (Å²) in [7, 11) is -2.95. The van der Waals surface area contributed by atoms with E-state index in [9.17, 15) is 13.5 Å². The van der Waals surface area contributed by atoms with E-state index < -0.39 is 15.9 Å². The molecule has 0 aromatic heterocycles. The number of rotatable bonds is 6. The number of aliphatic hydroxyl groups is 1. The largest absolute Gasteiger partial charge is 0.388 e. The van der Waals surface area contributed by atoms with E-state index in [-0.39, 0.29) is 11.5 Å². The third-order valence-corrected chi connectivity index (χ3v) is 5.71. The molecule has 1 N–H and O–H groups in total. The van der Waals surface area contributed by atoms with Gasteiger partial charge in [0.2, 0.25) is 0 Å². The molecule has 0 aliphatic carbocycles. The Labute approximate surface area is 121 Å². The van der Waals surface area contributed by atoms with Crippen molar-refractivity contribution in [3.8, 4) is 0 Å².